The van der Waals surface area contributed by atoms with Gasteiger partial charge in [0, 0.05) is 0 Å². The summed E-state index contributed by atoms with van der Waals surface area (Å²) in [4.78, 5) is 69.0. The predicted molar refractivity (Wildman–Crippen MR) is 76.6 cm³/mol. The van der Waals surface area contributed by atoms with Gasteiger partial charge in [0.25, 0.3) is 0 Å². The Morgan fingerprint density at radius 1 is 0.577 bits per heavy atom. The quantitative estimate of drug-likeness (QED) is 0.299. The average molecular weight is 380 g/mol. The molecular weight excluding hydrogens is 364 g/mol. The van der Waals surface area contributed by atoms with Crippen molar-refractivity contribution in [1.82, 2.24) is 31.7 Å². The van der Waals surface area contributed by atoms with Gasteiger partial charge in [-0.3, -0.25) is 0 Å². The number of amides is 8. The zero-order valence-corrected chi connectivity index (χ0v) is 14.0. The summed E-state index contributed by atoms with van der Waals surface area (Å²) in [5.74, 6) is 0. The molecule has 0 aromatic rings. The summed E-state index contributed by atoms with van der Waals surface area (Å²) in [5, 5.41) is -0.129. The van der Waals surface area contributed by atoms with E-state index in [9.17, 15) is 28.8 Å². The molecule has 26 heavy (non-hydrogen) atoms. The Morgan fingerprint density at radius 3 is 1.46 bits per heavy atom. The summed E-state index contributed by atoms with van der Waals surface area (Å²) in [5.41, 5.74) is 6.69. The van der Waals surface area contributed by atoms with Crippen molar-refractivity contribution in [3.63, 3.8) is 0 Å². The minimum absolute atomic E-state index is 0.0528. The maximum Gasteiger partial charge on any atom is 0.437 e. The number of nitrogens with one attached hydrogen (secondary N) is 4. The molecule has 0 heterocycles. The highest BCUT2D eigenvalue weighted by Crippen LogP contribution is 1.96. The minimum atomic E-state index is -1.53. The molecule has 0 bridgehead atoms. The van der Waals surface area contributed by atoms with Gasteiger partial charge in [-0.25, -0.2) is 50.5 Å². The van der Waals surface area contributed by atoms with Crippen LogP contribution in [-0.2, 0) is 18.9 Å². The molecule has 146 valence electrons. The van der Waals surface area contributed by atoms with E-state index in [-0.39, 0.29) is 10.0 Å². The molecule has 0 saturated carbocycles. The number of urea groups is 2. The molecule has 4 N–H and O–H groups in total. The first-order chi connectivity index (χ1) is 12.2. The summed E-state index contributed by atoms with van der Waals surface area (Å²) < 4.78 is 16.9. The molecule has 8 amide bonds. The van der Waals surface area contributed by atoms with Gasteiger partial charge in [-0.15, -0.1) is 10.0 Å². The molecule has 0 saturated heterocycles. The van der Waals surface area contributed by atoms with Crippen LogP contribution in [0, 0.1) is 0 Å². The highest BCUT2D eigenvalue weighted by atomic mass is 16.6. The summed E-state index contributed by atoms with van der Waals surface area (Å²) in [6.07, 6.45) is -5.17. The maximum absolute atomic E-state index is 12.0. The van der Waals surface area contributed by atoms with Crippen LogP contribution in [0.5, 0.6) is 0 Å². The summed E-state index contributed by atoms with van der Waals surface area (Å²) >= 11 is 0. The maximum atomic E-state index is 12.0. The van der Waals surface area contributed by atoms with Crippen molar-refractivity contribution < 1.29 is 47.7 Å². The second-order valence-electron chi connectivity index (χ2n) is 3.68. The molecule has 16 heteroatoms. The monoisotopic (exact) mass is 380 g/mol. The van der Waals surface area contributed by atoms with Gasteiger partial charge in [0.1, 0.15) is 0 Å². The third-order valence-electron chi connectivity index (χ3n) is 2.17. The normalized spacial score (nSPS) is 8.92. The first-order valence-corrected chi connectivity index (χ1v) is 6.27. The fourth-order valence-corrected chi connectivity index (χ4v) is 1.04. The largest absolute Gasteiger partial charge is 0.452 e. The van der Waals surface area contributed by atoms with Crippen molar-refractivity contribution in [3.8, 4) is 0 Å². The molecule has 0 aliphatic carbocycles. The Labute approximate surface area is 145 Å². The van der Waals surface area contributed by atoms with E-state index in [1.54, 1.807) is 21.7 Å². The van der Waals surface area contributed by atoms with Crippen molar-refractivity contribution in [3.05, 3.63) is 0 Å². The molecule has 0 aliphatic rings. The fourth-order valence-electron chi connectivity index (χ4n) is 1.04. The topological polar surface area (TPSA) is 194 Å². The van der Waals surface area contributed by atoms with E-state index < -0.39 is 36.4 Å². The smallest absolute Gasteiger partial charge is 0.437 e. The van der Waals surface area contributed by atoms with Crippen LogP contribution in [0.15, 0.2) is 0 Å². The van der Waals surface area contributed by atoms with E-state index in [0.717, 1.165) is 28.4 Å². The Hall–Kier alpha value is -3.98. The van der Waals surface area contributed by atoms with Gasteiger partial charge in [0.05, 0.1) is 28.4 Å². The third kappa shape index (κ3) is 6.64. The SMILES string of the molecule is COC(=O)NNC(=O)N(NC(=O)N(NC(=O)OC)C(=O)OC)C(=O)OC. The summed E-state index contributed by atoms with van der Waals surface area (Å²) in [6.45, 7) is 0. The van der Waals surface area contributed by atoms with E-state index in [4.69, 9.17) is 0 Å². The van der Waals surface area contributed by atoms with Crippen molar-refractivity contribution in [2.45, 2.75) is 0 Å². The molecule has 0 fully saturated rings. The molecule has 0 rings (SSSR count). The second-order valence-corrected chi connectivity index (χ2v) is 3.68. The lowest BCUT2D eigenvalue weighted by molar-refractivity contribution is 0.0845. The number of hydrogen-bond donors (Lipinski definition) is 4. The number of rotatable bonds is 0. The first-order valence-electron chi connectivity index (χ1n) is 6.27. The standard InChI is InChI=1S/C10H16N6O10/c1-23-7(19)12-11-5(17)15(9(21)25-3)13-6(18)16(10(22)26-4)14-8(20)24-2/h1-4H3,(H,11,17)(H,12,19)(H,13,18)(H,14,20). The van der Waals surface area contributed by atoms with Gasteiger partial charge in [0.2, 0.25) is 0 Å². The molecular formula is C10H16N6O10. The zero-order valence-electron chi connectivity index (χ0n) is 14.0. The number of hydrogen-bond acceptors (Lipinski definition) is 10. The highest BCUT2D eigenvalue weighted by Gasteiger charge is 2.31. The molecule has 0 atom stereocenters. The number of imide groups is 2. The molecule has 0 radical (unpaired) electrons. The number of hydrazine groups is 3. The number of nitrogens with zero attached hydrogens (tertiary/aromatic N) is 2. The van der Waals surface area contributed by atoms with Crippen LogP contribution in [0.4, 0.5) is 28.8 Å². The van der Waals surface area contributed by atoms with Gasteiger partial charge in [-0.05, 0) is 0 Å². The second kappa shape index (κ2) is 10.7. The van der Waals surface area contributed by atoms with E-state index in [2.05, 4.69) is 18.9 Å². The molecule has 0 aromatic heterocycles. The van der Waals surface area contributed by atoms with Gasteiger partial charge in [-0.1, -0.05) is 0 Å². The van der Waals surface area contributed by atoms with Crippen LogP contribution in [0.2, 0.25) is 0 Å². The molecule has 0 aliphatic heterocycles. The minimum Gasteiger partial charge on any atom is -0.452 e. The number of ether oxygens (including phenoxy) is 4. The molecule has 0 unspecified atom stereocenters. The van der Waals surface area contributed by atoms with Gasteiger partial charge < -0.3 is 18.9 Å². The number of methoxy groups -OCH3 is 4. The van der Waals surface area contributed by atoms with E-state index in [1.165, 1.54) is 0 Å². The Bertz CT molecular complexity index is 581. The van der Waals surface area contributed by atoms with Gasteiger partial charge in [0.15, 0.2) is 0 Å². The Morgan fingerprint density at radius 2 is 1.04 bits per heavy atom. The lowest BCUT2D eigenvalue weighted by Crippen LogP contribution is -2.62. The van der Waals surface area contributed by atoms with Gasteiger partial charge >= 0.3 is 36.4 Å². The van der Waals surface area contributed by atoms with Crippen LogP contribution in [0.25, 0.3) is 0 Å². The number of carbonyl (C=O) groups is 6. The van der Waals surface area contributed by atoms with Crippen LogP contribution in [0.3, 0.4) is 0 Å². The molecule has 16 nitrogen and oxygen atoms in total. The fraction of sp³-hybridized carbons (Fsp3) is 0.400. The van der Waals surface area contributed by atoms with E-state index in [1.807, 2.05) is 0 Å². The Kier molecular flexibility index (Phi) is 9.09. The van der Waals surface area contributed by atoms with E-state index in [0.29, 0.717) is 0 Å². The van der Waals surface area contributed by atoms with Crippen molar-refractivity contribution in [2.24, 2.45) is 0 Å². The number of carbonyl (C=O) groups excluding carboxylic acids is 6. The van der Waals surface area contributed by atoms with Crippen LogP contribution in [0.1, 0.15) is 0 Å². The summed E-state index contributed by atoms with van der Waals surface area (Å²) in [6, 6.07) is -2.95. The molecule has 0 spiro atoms. The molecule has 0 aromatic carbocycles. The Balaban J connectivity index is 5.26. The van der Waals surface area contributed by atoms with Crippen LogP contribution < -0.4 is 21.7 Å². The lowest BCUT2D eigenvalue weighted by atomic mass is 10.8. The lowest BCUT2D eigenvalue weighted by Gasteiger charge is -2.24. The van der Waals surface area contributed by atoms with E-state index >= 15 is 0 Å². The summed E-state index contributed by atoms with van der Waals surface area (Å²) in [7, 11) is 3.68. The van der Waals surface area contributed by atoms with Crippen molar-refractivity contribution in [1.29, 1.82) is 0 Å². The highest BCUT2D eigenvalue weighted by molar-refractivity contribution is 5.97. The van der Waals surface area contributed by atoms with Gasteiger partial charge in [-0.2, -0.15) is 0 Å². The predicted octanol–water partition coefficient (Wildman–Crippen LogP) is -1.00. The first kappa shape index (κ1) is 22.0. The van der Waals surface area contributed by atoms with Crippen LogP contribution in [-0.4, -0.2) is 74.9 Å². The zero-order chi connectivity index (χ0) is 20.3. The average Bonchev–Trinajstić information content (AvgIpc) is 2.65. The van der Waals surface area contributed by atoms with Crippen molar-refractivity contribution in [2.75, 3.05) is 28.4 Å². The third-order valence-corrected chi connectivity index (χ3v) is 2.17. The van der Waals surface area contributed by atoms with Crippen molar-refractivity contribution >= 4 is 36.4 Å². The van der Waals surface area contributed by atoms with Crippen LogP contribution >= 0.6 is 0 Å².